The van der Waals surface area contributed by atoms with Gasteiger partial charge in [-0.25, -0.2) is 8.42 Å². The van der Waals surface area contributed by atoms with Crippen LogP contribution in [0.2, 0.25) is 0 Å². The molecule has 1 amide bonds. The first-order valence-electron chi connectivity index (χ1n) is 8.44. The number of fused-ring (bicyclic) bond motifs is 1. The van der Waals surface area contributed by atoms with Crippen LogP contribution in [-0.2, 0) is 16.4 Å². The zero-order valence-electron chi connectivity index (χ0n) is 14.4. The summed E-state index contributed by atoms with van der Waals surface area (Å²) in [6.07, 6.45) is 2.81. The number of carbonyl (C=O) groups excluding carboxylic acids is 1. The second kappa shape index (κ2) is 6.37. The van der Waals surface area contributed by atoms with Gasteiger partial charge in [0, 0.05) is 37.3 Å². The van der Waals surface area contributed by atoms with Gasteiger partial charge in [-0.2, -0.15) is 0 Å². The molecule has 1 aromatic rings. The lowest BCUT2D eigenvalue weighted by molar-refractivity contribution is 0.0603. The molecular formula is C17H25N3O3S. The molecule has 0 aliphatic carbocycles. The summed E-state index contributed by atoms with van der Waals surface area (Å²) in [5.41, 5.74) is 2.29. The molecule has 2 heterocycles. The van der Waals surface area contributed by atoms with Gasteiger partial charge in [0.1, 0.15) is 0 Å². The highest BCUT2D eigenvalue weighted by atomic mass is 32.2. The van der Waals surface area contributed by atoms with E-state index >= 15 is 0 Å². The van der Waals surface area contributed by atoms with Crippen LogP contribution >= 0.6 is 0 Å². The van der Waals surface area contributed by atoms with Crippen LogP contribution in [0.3, 0.4) is 0 Å². The maximum absolute atomic E-state index is 12.9. The number of piperazine rings is 1. The van der Waals surface area contributed by atoms with Crippen LogP contribution in [0.5, 0.6) is 0 Å². The van der Waals surface area contributed by atoms with Gasteiger partial charge in [0.25, 0.3) is 5.91 Å². The highest BCUT2D eigenvalue weighted by molar-refractivity contribution is 7.92. The molecule has 0 aromatic heterocycles. The fraction of sp³-hybridized carbons (Fsp3) is 0.588. The monoisotopic (exact) mass is 351 g/mol. The number of sulfonamides is 1. The number of amides is 1. The predicted octanol–water partition coefficient (Wildman–Crippen LogP) is 1.22. The minimum absolute atomic E-state index is 0.0233. The summed E-state index contributed by atoms with van der Waals surface area (Å²) >= 11 is 0. The van der Waals surface area contributed by atoms with Gasteiger partial charge in [0.15, 0.2) is 0 Å². The lowest BCUT2D eigenvalue weighted by Crippen LogP contribution is -2.57. The van der Waals surface area contributed by atoms with E-state index in [0.29, 0.717) is 24.3 Å². The fourth-order valence-electron chi connectivity index (χ4n) is 3.55. The normalized spacial score (nSPS) is 24.6. The van der Waals surface area contributed by atoms with Gasteiger partial charge < -0.3 is 10.2 Å². The smallest absolute Gasteiger partial charge is 0.254 e. The third-order valence-electron chi connectivity index (χ3n) is 5.10. The van der Waals surface area contributed by atoms with Gasteiger partial charge in [-0.1, -0.05) is 0 Å². The number of nitrogens with zero attached hydrogens (tertiary/aromatic N) is 2. The molecule has 2 aliphatic rings. The Hall–Kier alpha value is -1.60. The van der Waals surface area contributed by atoms with E-state index in [0.717, 1.165) is 24.9 Å². The summed E-state index contributed by atoms with van der Waals surface area (Å²) in [5.74, 6) is 0.0233. The first kappa shape index (κ1) is 17.2. The number of hydrogen-bond acceptors (Lipinski definition) is 4. The standard InChI is InChI=1S/C17H25N3O3S/c1-12-13(2)19(10-8-18-12)17(21)15-6-7-16-14(11-15)5-4-9-20(16)24(3,22)23/h6-7,11-13,18H,4-5,8-10H2,1-3H3. The number of benzene rings is 1. The van der Waals surface area contributed by atoms with Gasteiger partial charge in [-0.05, 0) is 50.5 Å². The highest BCUT2D eigenvalue weighted by Crippen LogP contribution is 2.30. The Kier molecular flexibility index (Phi) is 4.57. The molecule has 1 fully saturated rings. The number of carbonyl (C=O) groups is 1. The number of anilines is 1. The Bertz CT molecular complexity index is 747. The zero-order valence-corrected chi connectivity index (χ0v) is 15.3. The van der Waals surface area contributed by atoms with Crippen LogP contribution in [0.4, 0.5) is 5.69 Å². The van der Waals surface area contributed by atoms with E-state index in [-0.39, 0.29) is 18.0 Å². The first-order chi connectivity index (χ1) is 11.3. The molecule has 6 nitrogen and oxygen atoms in total. The summed E-state index contributed by atoms with van der Waals surface area (Å²) < 4.78 is 25.3. The van der Waals surface area contributed by atoms with Crippen molar-refractivity contribution in [3.8, 4) is 0 Å². The summed E-state index contributed by atoms with van der Waals surface area (Å²) in [6, 6.07) is 5.80. The summed E-state index contributed by atoms with van der Waals surface area (Å²) in [6.45, 7) is 6.13. The first-order valence-corrected chi connectivity index (χ1v) is 10.3. The Morgan fingerprint density at radius 2 is 2.00 bits per heavy atom. The van der Waals surface area contributed by atoms with Crippen LogP contribution in [-0.4, -0.2) is 57.2 Å². The molecule has 3 rings (SSSR count). The molecular weight excluding hydrogens is 326 g/mol. The van der Waals surface area contributed by atoms with Crippen molar-refractivity contribution in [2.45, 2.75) is 38.8 Å². The average Bonchev–Trinajstić information content (AvgIpc) is 2.55. The maximum Gasteiger partial charge on any atom is 0.254 e. The van der Waals surface area contributed by atoms with E-state index in [2.05, 4.69) is 19.2 Å². The van der Waals surface area contributed by atoms with Gasteiger partial charge in [0.05, 0.1) is 11.9 Å². The zero-order chi connectivity index (χ0) is 17.5. The van der Waals surface area contributed by atoms with Crippen molar-refractivity contribution in [3.05, 3.63) is 29.3 Å². The molecule has 0 saturated carbocycles. The highest BCUT2D eigenvalue weighted by Gasteiger charge is 2.30. The third kappa shape index (κ3) is 3.15. The average molecular weight is 351 g/mol. The van der Waals surface area contributed by atoms with Crippen LogP contribution < -0.4 is 9.62 Å². The largest absolute Gasteiger partial charge is 0.333 e. The van der Waals surface area contributed by atoms with E-state index in [1.54, 1.807) is 12.1 Å². The SMILES string of the molecule is CC1NCCN(C(=O)c2ccc3c(c2)CCCN3S(C)(=O)=O)C1C. The van der Waals surface area contributed by atoms with Crippen molar-refractivity contribution >= 4 is 21.6 Å². The second-order valence-electron chi connectivity index (χ2n) is 6.76. The lowest BCUT2D eigenvalue weighted by Gasteiger charge is -2.39. The van der Waals surface area contributed by atoms with Crippen LogP contribution in [0, 0.1) is 0 Å². The van der Waals surface area contributed by atoms with Crippen molar-refractivity contribution in [2.24, 2.45) is 0 Å². The topological polar surface area (TPSA) is 69.7 Å². The molecule has 2 unspecified atom stereocenters. The fourth-order valence-corrected chi connectivity index (χ4v) is 4.55. The van der Waals surface area contributed by atoms with Crippen LogP contribution in [0.15, 0.2) is 18.2 Å². The number of aryl methyl sites for hydroxylation is 1. The summed E-state index contributed by atoms with van der Waals surface area (Å²) in [4.78, 5) is 14.8. The Morgan fingerprint density at radius 3 is 2.71 bits per heavy atom. The molecule has 24 heavy (non-hydrogen) atoms. The Labute approximate surface area is 143 Å². The molecule has 1 saturated heterocycles. The third-order valence-corrected chi connectivity index (χ3v) is 6.28. The van der Waals surface area contributed by atoms with Crippen LogP contribution in [0.25, 0.3) is 0 Å². The van der Waals surface area contributed by atoms with Crippen molar-refractivity contribution in [3.63, 3.8) is 0 Å². The quantitative estimate of drug-likeness (QED) is 0.870. The number of nitrogens with one attached hydrogen (secondary N) is 1. The molecule has 0 bridgehead atoms. The van der Waals surface area contributed by atoms with Crippen molar-refractivity contribution in [2.75, 3.05) is 30.2 Å². The van der Waals surface area contributed by atoms with Crippen molar-refractivity contribution in [1.29, 1.82) is 0 Å². The minimum atomic E-state index is -3.28. The molecule has 7 heteroatoms. The summed E-state index contributed by atoms with van der Waals surface area (Å²) in [5, 5.41) is 3.37. The predicted molar refractivity (Wildman–Crippen MR) is 94.9 cm³/mol. The molecule has 0 spiro atoms. The summed E-state index contributed by atoms with van der Waals surface area (Å²) in [7, 11) is -3.28. The van der Waals surface area contributed by atoms with Gasteiger partial charge in [-0.3, -0.25) is 9.10 Å². The lowest BCUT2D eigenvalue weighted by atomic mass is 9.99. The van der Waals surface area contributed by atoms with Crippen molar-refractivity contribution in [1.82, 2.24) is 10.2 Å². The molecule has 2 atom stereocenters. The maximum atomic E-state index is 12.9. The molecule has 1 aromatic carbocycles. The van der Waals surface area contributed by atoms with Gasteiger partial charge >= 0.3 is 0 Å². The molecule has 0 radical (unpaired) electrons. The Morgan fingerprint density at radius 1 is 1.25 bits per heavy atom. The molecule has 1 N–H and O–H groups in total. The second-order valence-corrected chi connectivity index (χ2v) is 8.67. The number of hydrogen-bond donors (Lipinski definition) is 1. The van der Waals surface area contributed by atoms with E-state index in [9.17, 15) is 13.2 Å². The van der Waals surface area contributed by atoms with Gasteiger partial charge in [-0.15, -0.1) is 0 Å². The van der Waals surface area contributed by atoms with Crippen molar-refractivity contribution < 1.29 is 13.2 Å². The van der Waals surface area contributed by atoms with Gasteiger partial charge in [0.2, 0.25) is 10.0 Å². The number of rotatable bonds is 2. The molecule has 2 aliphatic heterocycles. The van der Waals surface area contributed by atoms with E-state index in [1.807, 2.05) is 11.0 Å². The van der Waals surface area contributed by atoms with Crippen LogP contribution in [0.1, 0.15) is 36.2 Å². The van der Waals surface area contributed by atoms with E-state index in [4.69, 9.17) is 0 Å². The molecule has 132 valence electrons. The minimum Gasteiger partial charge on any atom is -0.333 e. The van der Waals surface area contributed by atoms with E-state index in [1.165, 1.54) is 10.6 Å². The Balaban J connectivity index is 1.90. The van der Waals surface area contributed by atoms with E-state index < -0.39 is 10.0 Å².